The topological polar surface area (TPSA) is 29.1 Å². The van der Waals surface area contributed by atoms with Crippen LogP contribution >= 0.6 is 0 Å². The van der Waals surface area contributed by atoms with E-state index >= 15 is 0 Å². The number of ketones is 1. The molecule has 3 aromatic carbocycles. The molecule has 3 rings (SSSR count). The maximum absolute atomic E-state index is 12.6. The third-order valence-electron chi connectivity index (χ3n) is 4.32. The Kier molecular flexibility index (Phi) is 5.63. The normalized spacial score (nSPS) is 10.4. The summed E-state index contributed by atoms with van der Waals surface area (Å²) in [7, 11) is 0. The van der Waals surface area contributed by atoms with Gasteiger partial charge < -0.3 is 5.32 Å². The van der Waals surface area contributed by atoms with Gasteiger partial charge in [0, 0.05) is 23.4 Å². The fourth-order valence-corrected chi connectivity index (χ4v) is 2.96. The predicted octanol–water partition coefficient (Wildman–Crippen LogP) is 5.27. The molecule has 2 nitrogen and oxygen atoms in total. The second-order valence-corrected chi connectivity index (χ2v) is 6.24. The van der Waals surface area contributed by atoms with Crippen molar-refractivity contribution in [2.45, 2.75) is 19.8 Å². The molecule has 1 N–H and O–H groups in total. The van der Waals surface area contributed by atoms with Crippen molar-refractivity contribution < 1.29 is 4.79 Å². The zero-order valence-electron chi connectivity index (χ0n) is 14.5. The largest absolute Gasteiger partial charge is 0.385 e. The zero-order valence-corrected chi connectivity index (χ0v) is 14.5. The molecule has 0 aromatic heterocycles. The van der Waals surface area contributed by atoms with E-state index in [9.17, 15) is 4.79 Å². The van der Waals surface area contributed by atoms with Crippen LogP contribution in [0.5, 0.6) is 0 Å². The predicted molar refractivity (Wildman–Crippen MR) is 104 cm³/mol. The molecule has 0 saturated heterocycles. The number of anilines is 1. The van der Waals surface area contributed by atoms with Crippen molar-refractivity contribution in [1.29, 1.82) is 0 Å². The number of nitrogens with one attached hydrogen (secondary N) is 1. The number of benzene rings is 3. The summed E-state index contributed by atoms with van der Waals surface area (Å²) in [6.45, 7) is 2.95. The fourth-order valence-electron chi connectivity index (χ4n) is 2.96. The minimum atomic E-state index is 0.0930. The summed E-state index contributed by atoms with van der Waals surface area (Å²) >= 11 is 0. The van der Waals surface area contributed by atoms with Crippen LogP contribution in [0.2, 0.25) is 0 Å². The Morgan fingerprint density at radius 1 is 0.880 bits per heavy atom. The highest BCUT2D eigenvalue weighted by Crippen LogP contribution is 2.17. The Hall–Kier alpha value is -2.87. The van der Waals surface area contributed by atoms with Gasteiger partial charge in [0.25, 0.3) is 0 Å². The van der Waals surface area contributed by atoms with E-state index in [2.05, 4.69) is 29.6 Å². The van der Waals surface area contributed by atoms with Gasteiger partial charge in [-0.05, 0) is 43.0 Å². The number of carbonyl (C=O) groups excluding carboxylic acids is 1. The number of hydrogen-bond acceptors (Lipinski definition) is 2. The molecule has 126 valence electrons. The molecule has 0 aliphatic rings. The van der Waals surface area contributed by atoms with E-state index in [0.29, 0.717) is 0 Å². The molecule has 0 aliphatic carbocycles. The summed E-state index contributed by atoms with van der Waals surface area (Å²) in [5, 5.41) is 3.43. The minimum Gasteiger partial charge on any atom is -0.385 e. The smallest absolute Gasteiger partial charge is 0.193 e. The highest BCUT2D eigenvalue weighted by Gasteiger charge is 2.11. The molecule has 0 atom stereocenters. The lowest BCUT2D eigenvalue weighted by Gasteiger charge is -2.09. The molecule has 0 amide bonds. The van der Waals surface area contributed by atoms with Gasteiger partial charge >= 0.3 is 0 Å². The SMILES string of the molecule is Cc1cc(CCCNc2ccccc2)ccc1C(=O)c1ccccc1. The number of hydrogen-bond donors (Lipinski definition) is 1. The lowest BCUT2D eigenvalue weighted by atomic mass is 9.96. The van der Waals surface area contributed by atoms with E-state index in [1.165, 1.54) is 5.56 Å². The average molecular weight is 329 g/mol. The van der Waals surface area contributed by atoms with Crippen molar-refractivity contribution in [3.8, 4) is 0 Å². The van der Waals surface area contributed by atoms with E-state index in [1.807, 2.05) is 61.5 Å². The van der Waals surface area contributed by atoms with E-state index < -0.39 is 0 Å². The van der Waals surface area contributed by atoms with E-state index in [1.54, 1.807) is 0 Å². The highest BCUT2D eigenvalue weighted by molar-refractivity contribution is 6.09. The molecular formula is C23H23NO. The second kappa shape index (κ2) is 8.29. The van der Waals surface area contributed by atoms with Crippen LogP contribution in [0.3, 0.4) is 0 Å². The summed E-state index contributed by atoms with van der Waals surface area (Å²) in [5.41, 5.74) is 5.00. The Morgan fingerprint density at radius 3 is 2.24 bits per heavy atom. The van der Waals surface area contributed by atoms with Crippen LogP contribution in [0.15, 0.2) is 78.9 Å². The third-order valence-corrected chi connectivity index (χ3v) is 4.32. The standard InChI is InChI=1S/C23H23NO/c1-18-17-19(9-8-16-24-21-12-6-3-7-13-21)14-15-22(18)23(25)20-10-4-2-5-11-20/h2-7,10-15,17,24H,8-9,16H2,1H3. The van der Waals surface area contributed by atoms with Crippen LogP contribution < -0.4 is 5.32 Å². The maximum atomic E-state index is 12.6. The molecular weight excluding hydrogens is 306 g/mol. The maximum Gasteiger partial charge on any atom is 0.193 e. The van der Waals surface area contributed by atoms with E-state index in [4.69, 9.17) is 0 Å². The molecule has 3 aromatic rings. The van der Waals surface area contributed by atoms with Crippen LogP contribution in [0.1, 0.15) is 33.5 Å². The van der Waals surface area contributed by atoms with Gasteiger partial charge in [0.2, 0.25) is 0 Å². The van der Waals surface area contributed by atoms with Gasteiger partial charge in [-0.2, -0.15) is 0 Å². The summed E-state index contributed by atoms with van der Waals surface area (Å²) in [6, 6.07) is 25.9. The first-order valence-electron chi connectivity index (χ1n) is 8.72. The van der Waals surface area contributed by atoms with E-state index in [0.717, 1.165) is 41.8 Å². The quantitative estimate of drug-likeness (QED) is 0.472. The van der Waals surface area contributed by atoms with Gasteiger partial charge in [-0.3, -0.25) is 4.79 Å². The van der Waals surface area contributed by atoms with Crippen molar-refractivity contribution in [3.05, 3.63) is 101 Å². The van der Waals surface area contributed by atoms with Crippen molar-refractivity contribution in [2.75, 3.05) is 11.9 Å². The first-order valence-corrected chi connectivity index (χ1v) is 8.72. The molecule has 0 radical (unpaired) electrons. The molecule has 0 saturated carbocycles. The lowest BCUT2D eigenvalue weighted by molar-refractivity contribution is 0.103. The molecule has 0 fully saturated rings. The van der Waals surface area contributed by atoms with Crippen molar-refractivity contribution in [1.82, 2.24) is 0 Å². The van der Waals surface area contributed by atoms with Gasteiger partial charge in [0.1, 0.15) is 0 Å². The van der Waals surface area contributed by atoms with Crippen LogP contribution in [0, 0.1) is 6.92 Å². The number of para-hydroxylation sites is 1. The van der Waals surface area contributed by atoms with Crippen LogP contribution in [-0.2, 0) is 6.42 Å². The minimum absolute atomic E-state index is 0.0930. The number of carbonyl (C=O) groups is 1. The van der Waals surface area contributed by atoms with Crippen molar-refractivity contribution >= 4 is 11.5 Å². The molecule has 0 heterocycles. The van der Waals surface area contributed by atoms with Gasteiger partial charge in [0.15, 0.2) is 5.78 Å². The number of rotatable bonds is 7. The zero-order chi connectivity index (χ0) is 17.5. The summed E-state index contributed by atoms with van der Waals surface area (Å²) in [6.07, 6.45) is 2.06. The fraction of sp³-hybridized carbons (Fsp3) is 0.174. The van der Waals surface area contributed by atoms with Crippen LogP contribution in [0.25, 0.3) is 0 Å². The molecule has 0 spiro atoms. The molecule has 0 bridgehead atoms. The lowest BCUT2D eigenvalue weighted by Crippen LogP contribution is -2.05. The van der Waals surface area contributed by atoms with Crippen molar-refractivity contribution in [2.24, 2.45) is 0 Å². The molecule has 2 heteroatoms. The molecule has 0 unspecified atom stereocenters. The van der Waals surface area contributed by atoms with Gasteiger partial charge in [-0.1, -0.05) is 66.7 Å². The van der Waals surface area contributed by atoms with Crippen LogP contribution in [0.4, 0.5) is 5.69 Å². The molecule has 0 aliphatic heterocycles. The summed E-state index contributed by atoms with van der Waals surface area (Å²) < 4.78 is 0. The average Bonchev–Trinajstić information content (AvgIpc) is 2.66. The van der Waals surface area contributed by atoms with Crippen LogP contribution in [-0.4, -0.2) is 12.3 Å². The Bertz CT molecular complexity index is 825. The highest BCUT2D eigenvalue weighted by atomic mass is 16.1. The third kappa shape index (κ3) is 4.57. The van der Waals surface area contributed by atoms with Gasteiger partial charge in [0.05, 0.1) is 0 Å². The summed E-state index contributed by atoms with van der Waals surface area (Å²) in [4.78, 5) is 12.6. The van der Waals surface area contributed by atoms with Gasteiger partial charge in [-0.25, -0.2) is 0 Å². The van der Waals surface area contributed by atoms with Gasteiger partial charge in [-0.15, -0.1) is 0 Å². The first-order chi connectivity index (χ1) is 12.2. The first kappa shape index (κ1) is 17.0. The Labute approximate surface area is 149 Å². The summed E-state index contributed by atoms with van der Waals surface area (Å²) in [5.74, 6) is 0.0930. The Morgan fingerprint density at radius 2 is 1.56 bits per heavy atom. The van der Waals surface area contributed by atoms with E-state index in [-0.39, 0.29) is 5.78 Å². The monoisotopic (exact) mass is 329 g/mol. The Balaban J connectivity index is 1.57. The number of aryl methyl sites for hydroxylation is 2. The second-order valence-electron chi connectivity index (χ2n) is 6.24. The molecule has 25 heavy (non-hydrogen) atoms. The van der Waals surface area contributed by atoms with Crippen molar-refractivity contribution in [3.63, 3.8) is 0 Å².